The zero-order chi connectivity index (χ0) is 15.3. The van der Waals surface area contributed by atoms with Crippen molar-refractivity contribution in [3.8, 4) is 0 Å². The average molecular weight is 310 g/mol. The normalized spacial score (nSPS) is 22.7. The summed E-state index contributed by atoms with van der Waals surface area (Å²) in [6.07, 6.45) is 3.43. The Hall–Kier alpha value is -1.40. The molecule has 2 N–H and O–H groups in total. The van der Waals surface area contributed by atoms with Gasteiger partial charge >= 0.3 is 0 Å². The zero-order valence-corrected chi connectivity index (χ0v) is 13.0. The van der Waals surface area contributed by atoms with Crippen molar-refractivity contribution >= 4 is 15.9 Å². The fraction of sp³-hybridized carbons (Fsp3) is 0.533. The molecule has 1 aliphatic rings. The van der Waals surface area contributed by atoms with Crippen LogP contribution in [0.2, 0.25) is 0 Å². The van der Waals surface area contributed by atoms with Gasteiger partial charge in [0.25, 0.3) is 0 Å². The maximum absolute atomic E-state index is 12.1. The quantitative estimate of drug-likeness (QED) is 0.866. The second-order valence-electron chi connectivity index (χ2n) is 5.50. The number of carbonyl (C=O) groups excluding carboxylic acids is 1. The van der Waals surface area contributed by atoms with E-state index < -0.39 is 10.0 Å². The molecular formula is C15H22N2O3S. The van der Waals surface area contributed by atoms with Gasteiger partial charge in [0, 0.05) is 19.5 Å². The summed E-state index contributed by atoms with van der Waals surface area (Å²) >= 11 is 0. The molecule has 0 spiro atoms. The van der Waals surface area contributed by atoms with Crippen LogP contribution in [0.3, 0.4) is 0 Å². The van der Waals surface area contributed by atoms with E-state index in [9.17, 15) is 13.2 Å². The lowest BCUT2D eigenvalue weighted by molar-refractivity contribution is -0.125. The minimum Gasteiger partial charge on any atom is -0.359 e. The van der Waals surface area contributed by atoms with Crippen LogP contribution in [0.1, 0.15) is 25.7 Å². The Balaban J connectivity index is 1.84. The fourth-order valence-corrected chi connectivity index (χ4v) is 3.88. The largest absolute Gasteiger partial charge is 0.359 e. The van der Waals surface area contributed by atoms with E-state index in [0.29, 0.717) is 17.4 Å². The maximum atomic E-state index is 12.1. The molecule has 1 aromatic carbocycles. The van der Waals surface area contributed by atoms with E-state index in [-0.39, 0.29) is 11.8 Å². The lowest BCUT2D eigenvalue weighted by atomic mass is 9.82. The molecule has 1 saturated carbocycles. The average Bonchev–Trinajstić information content (AvgIpc) is 2.53. The van der Waals surface area contributed by atoms with E-state index >= 15 is 0 Å². The van der Waals surface area contributed by atoms with Crippen LogP contribution in [0.15, 0.2) is 35.2 Å². The number of sulfonamides is 1. The molecule has 1 amide bonds. The highest BCUT2D eigenvalue weighted by atomic mass is 32.2. The van der Waals surface area contributed by atoms with E-state index in [1.54, 1.807) is 37.4 Å². The molecular weight excluding hydrogens is 288 g/mol. The van der Waals surface area contributed by atoms with Crippen molar-refractivity contribution in [1.29, 1.82) is 0 Å². The van der Waals surface area contributed by atoms with Crippen LogP contribution in [-0.2, 0) is 14.8 Å². The standard InChI is InChI=1S/C15H22N2O3S/c1-16-15(18)13-9-7-12(8-10-13)11-17-21(19,20)14-5-3-2-4-6-14/h2-6,12-13,17H,7-11H2,1H3,(H,16,18). The number of amides is 1. The van der Waals surface area contributed by atoms with E-state index in [2.05, 4.69) is 10.0 Å². The molecule has 2 rings (SSSR count). The minimum absolute atomic E-state index is 0.0805. The van der Waals surface area contributed by atoms with E-state index in [0.717, 1.165) is 25.7 Å². The Kier molecular flexibility index (Phi) is 5.36. The van der Waals surface area contributed by atoms with Gasteiger partial charge in [0.1, 0.15) is 0 Å². The number of carbonyl (C=O) groups is 1. The number of hydrogen-bond donors (Lipinski definition) is 2. The van der Waals surface area contributed by atoms with Gasteiger partial charge in [-0.25, -0.2) is 13.1 Å². The minimum atomic E-state index is -3.42. The smallest absolute Gasteiger partial charge is 0.240 e. The highest BCUT2D eigenvalue weighted by molar-refractivity contribution is 7.89. The maximum Gasteiger partial charge on any atom is 0.240 e. The second-order valence-corrected chi connectivity index (χ2v) is 7.26. The highest BCUT2D eigenvalue weighted by Crippen LogP contribution is 2.28. The SMILES string of the molecule is CNC(=O)C1CCC(CNS(=O)(=O)c2ccccc2)CC1. The molecule has 0 atom stereocenters. The third kappa shape index (κ3) is 4.28. The number of benzene rings is 1. The van der Waals surface area contributed by atoms with Crippen molar-refractivity contribution in [1.82, 2.24) is 10.0 Å². The van der Waals surface area contributed by atoms with E-state index in [1.807, 2.05) is 0 Å². The number of nitrogens with one attached hydrogen (secondary N) is 2. The molecule has 116 valence electrons. The Morgan fingerprint density at radius 1 is 1.14 bits per heavy atom. The highest BCUT2D eigenvalue weighted by Gasteiger charge is 2.26. The summed E-state index contributed by atoms with van der Waals surface area (Å²) in [6, 6.07) is 8.39. The van der Waals surface area contributed by atoms with Gasteiger partial charge in [-0.15, -0.1) is 0 Å². The van der Waals surface area contributed by atoms with Crippen LogP contribution in [-0.4, -0.2) is 27.9 Å². The van der Waals surface area contributed by atoms with Crippen molar-refractivity contribution < 1.29 is 13.2 Å². The zero-order valence-electron chi connectivity index (χ0n) is 12.2. The van der Waals surface area contributed by atoms with Gasteiger partial charge in [-0.05, 0) is 43.7 Å². The van der Waals surface area contributed by atoms with Crippen molar-refractivity contribution in [2.75, 3.05) is 13.6 Å². The van der Waals surface area contributed by atoms with Gasteiger partial charge in [0.2, 0.25) is 15.9 Å². The monoisotopic (exact) mass is 310 g/mol. The predicted molar refractivity (Wildman–Crippen MR) is 81.1 cm³/mol. The molecule has 0 bridgehead atoms. The van der Waals surface area contributed by atoms with Gasteiger partial charge in [0.15, 0.2) is 0 Å². The van der Waals surface area contributed by atoms with Crippen LogP contribution in [0, 0.1) is 11.8 Å². The number of hydrogen-bond acceptors (Lipinski definition) is 3. The lowest BCUT2D eigenvalue weighted by Gasteiger charge is -2.27. The number of rotatable bonds is 5. The Labute approximate surface area is 126 Å². The van der Waals surface area contributed by atoms with Gasteiger partial charge in [-0.2, -0.15) is 0 Å². The first kappa shape index (κ1) is 16.0. The molecule has 0 heterocycles. The Morgan fingerprint density at radius 2 is 1.76 bits per heavy atom. The lowest BCUT2D eigenvalue weighted by Crippen LogP contribution is -2.34. The summed E-state index contributed by atoms with van der Waals surface area (Å²) in [6.45, 7) is 0.442. The molecule has 1 aliphatic carbocycles. The van der Waals surface area contributed by atoms with Crippen LogP contribution in [0.5, 0.6) is 0 Å². The molecule has 0 radical (unpaired) electrons. The first-order valence-corrected chi connectivity index (χ1v) is 8.77. The van der Waals surface area contributed by atoms with Gasteiger partial charge in [-0.3, -0.25) is 4.79 Å². The predicted octanol–water partition coefficient (Wildman–Crippen LogP) is 1.52. The van der Waals surface area contributed by atoms with Crippen LogP contribution in [0.4, 0.5) is 0 Å². The summed E-state index contributed by atoms with van der Waals surface area (Å²) in [4.78, 5) is 11.8. The van der Waals surface area contributed by atoms with Crippen molar-refractivity contribution in [2.24, 2.45) is 11.8 Å². The van der Waals surface area contributed by atoms with Crippen molar-refractivity contribution in [2.45, 2.75) is 30.6 Å². The second kappa shape index (κ2) is 7.04. The first-order valence-electron chi connectivity index (χ1n) is 7.29. The van der Waals surface area contributed by atoms with Crippen molar-refractivity contribution in [3.63, 3.8) is 0 Å². The molecule has 1 fully saturated rings. The van der Waals surface area contributed by atoms with Gasteiger partial charge in [-0.1, -0.05) is 18.2 Å². The Morgan fingerprint density at radius 3 is 2.33 bits per heavy atom. The molecule has 1 aromatic rings. The third-order valence-electron chi connectivity index (χ3n) is 4.08. The van der Waals surface area contributed by atoms with Crippen LogP contribution < -0.4 is 10.0 Å². The summed E-state index contributed by atoms with van der Waals surface area (Å²) in [7, 11) is -1.77. The summed E-state index contributed by atoms with van der Waals surface area (Å²) in [5.74, 6) is 0.486. The Bertz CT molecular complexity index is 564. The van der Waals surface area contributed by atoms with E-state index in [1.165, 1.54) is 0 Å². The molecule has 0 aliphatic heterocycles. The third-order valence-corrected chi connectivity index (χ3v) is 5.52. The van der Waals surface area contributed by atoms with Gasteiger partial charge in [0.05, 0.1) is 4.90 Å². The summed E-state index contributed by atoms with van der Waals surface area (Å²) in [5, 5.41) is 2.68. The molecule has 6 heteroatoms. The molecule has 0 saturated heterocycles. The van der Waals surface area contributed by atoms with E-state index in [4.69, 9.17) is 0 Å². The molecule has 0 unspecified atom stereocenters. The van der Waals surface area contributed by atoms with Gasteiger partial charge < -0.3 is 5.32 Å². The van der Waals surface area contributed by atoms with Crippen LogP contribution in [0.25, 0.3) is 0 Å². The molecule has 0 aromatic heterocycles. The molecule has 5 nitrogen and oxygen atoms in total. The first-order chi connectivity index (χ1) is 10.0. The van der Waals surface area contributed by atoms with Crippen molar-refractivity contribution in [3.05, 3.63) is 30.3 Å². The molecule has 21 heavy (non-hydrogen) atoms. The van der Waals surface area contributed by atoms with Crippen LogP contribution >= 0.6 is 0 Å². The fourth-order valence-electron chi connectivity index (χ4n) is 2.74. The summed E-state index contributed by atoms with van der Waals surface area (Å²) in [5.41, 5.74) is 0. The topological polar surface area (TPSA) is 75.3 Å². The summed E-state index contributed by atoms with van der Waals surface area (Å²) < 4.78 is 26.9.